The minimum Gasteiger partial charge on any atom is -0.388 e. The maximum atomic E-state index is 8.66. The van der Waals surface area contributed by atoms with Gasteiger partial charge in [-0.3, -0.25) is 0 Å². The number of aromatic nitrogens is 2. The normalized spacial score (nSPS) is 10.1. The Bertz CT molecular complexity index is 209. The number of H-pyrrole nitrogens is 1. The molecule has 0 fully saturated rings. The van der Waals surface area contributed by atoms with E-state index in [0.29, 0.717) is 0 Å². The summed E-state index contributed by atoms with van der Waals surface area (Å²) in [5, 5.41) is 9.41. The van der Waals surface area contributed by atoms with Gasteiger partial charge in [0.15, 0.2) is 5.69 Å². The molecule has 0 aliphatic carbocycles. The second-order valence-electron chi connectivity index (χ2n) is 1.82. The number of aromatic amines is 1. The van der Waals surface area contributed by atoms with E-state index in [1.54, 1.807) is 10.8 Å². The molecular formula is C5H9N2OS+. The van der Waals surface area contributed by atoms with Crippen LogP contribution in [-0.2, 0) is 13.7 Å². The Kier molecular flexibility index (Phi) is 1.78. The molecule has 0 saturated heterocycles. The van der Waals surface area contributed by atoms with Gasteiger partial charge < -0.3 is 5.11 Å². The van der Waals surface area contributed by atoms with Gasteiger partial charge >= 0.3 is 5.16 Å². The highest BCUT2D eigenvalue weighted by Gasteiger charge is 2.07. The molecule has 0 radical (unpaired) electrons. The predicted octanol–water partition coefficient (Wildman–Crippen LogP) is -0.380. The molecule has 4 heteroatoms. The highest BCUT2D eigenvalue weighted by atomic mass is 32.1. The number of imidazole rings is 1. The van der Waals surface area contributed by atoms with Crippen molar-refractivity contribution in [1.29, 1.82) is 0 Å². The van der Waals surface area contributed by atoms with E-state index in [1.165, 1.54) is 0 Å². The zero-order chi connectivity index (χ0) is 6.85. The third-order valence-electron chi connectivity index (χ3n) is 1.28. The van der Waals surface area contributed by atoms with Gasteiger partial charge in [0.25, 0.3) is 0 Å². The van der Waals surface area contributed by atoms with Gasteiger partial charge in [-0.2, -0.15) is 0 Å². The number of aliphatic hydroxyl groups is 1. The number of nitrogens with zero attached hydrogens (tertiary/aromatic N) is 1. The molecule has 0 unspecified atom stereocenters. The zero-order valence-corrected chi connectivity index (χ0v) is 6.02. The van der Waals surface area contributed by atoms with Gasteiger partial charge in [-0.15, -0.1) is 0 Å². The molecule has 1 aromatic heterocycles. The molecule has 0 aromatic carbocycles. The lowest BCUT2D eigenvalue weighted by molar-refractivity contribution is -0.716. The van der Waals surface area contributed by atoms with Gasteiger partial charge in [0.05, 0.1) is 7.05 Å². The standard InChI is InChI=1S/C5H8N2OS/c1-7-4(3-8)2-6-5(7)9/h2,8H,3H2,1H3,(H,6,9)/p+1. The Morgan fingerprint density at radius 2 is 2.56 bits per heavy atom. The largest absolute Gasteiger partial charge is 0.388 e. The fourth-order valence-electron chi connectivity index (χ4n) is 0.629. The summed E-state index contributed by atoms with van der Waals surface area (Å²) >= 11 is 4.07. The summed E-state index contributed by atoms with van der Waals surface area (Å²) in [6, 6.07) is 0. The summed E-state index contributed by atoms with van der Waals surface area (Å²) in [5.74, 6) is 0. The highest BCUT2D eigenvalue weighted by molar-refractivity contribution is 7.79. The molecule has 2 N–H and O–H groups in total. The van der Waals surface area contributed by atoms with E-state index in [4.69, 9.17) is 5.11 Å². The predicted molar refractivity (Wildman–Crippen MR) is 35.1 cm³/mol. The first kappa shape index (κ1) is 6.64. The second kappa shape index (κ2) is 2.41. The van der Waals surface area contributed by atoms with Gasteiger partial charge in [-0.1, -0.05) is 12.6 Å². The smallest absolute Gasteiger partial charge is 0.312 e. The van der Waals surface area contributed by atoms with E-state index in [1.807, 2.05) is 7.05 Å². The van der Waals surface area contributed by atoms with Gasteiger partial charge in [-0.05, 0) is 0 Å². The van der Waals surface area contributed by atoms with Crippen molar-refractivity contribution < 1.29 is 9.67 Å². The maximum Gasteiger partial charge on any atom is 0.312 e. The van der Waals surface area contributed by atoms with E-state index >= 15 is 0 Å². The summed E-state index contributed by atoms with van der Waals surface area (Å²) in [4.78, 5) is 2.85. The first-order valence-corrected chi connectivity index (χ1v) is 3.06. The monoisotopic (exact) mass is 145 g/mol. The van der Waals surface area contributed by atoms with Crippen LogP contribution in [-0.4, -0.2) is 10.1 Å². The van der Waals surface area contributed by atoms with Crippen LogP contribution in [0.2, 0.25) is 0 Å². The van der Waals surface area contributed by atoms with Crippen molar-refractivity contribution in [3.8, 4) is 0 Å². The number of aliphatic hydroxyl groups excluding tert-OH is 1. The molecule has 0 atom stereocenters. The molecule has 1 aromatic rings. The SMILES string of the molecule is C[n+]1c(CO)c[nH]c1S. The van der Waals surface area contributed by atoms with Crippen molar-refractivity contribution in [2.75, 3.05) is 0 Å². The van der Waals surface area contributed by atoms with Crippen LogP contribution in [0.1, 0.15) is 5.69 Å². The lowest BCUT2D eigenvalue weighted by Crippen LogP contribution is -2.32. The molecule has 1 rings (SSSR count). The molecule has 1 heterocycles. The Morgan fingerprint density at radius 1 is 1.89 bits per heavy atom. The van der Waals surface area contributed by atoms with E-state index in [9.17, 15) is 0 Å². The second-order valence-corrected chi connectivity index (χ2v) is 2.24. The zero-order valence-electron chi connectivity index (χ0n) is 5.13. The third kappa shape index (κ3) is 1.09. The van der Waals surface area contributed by atoms with Crippen LogP contribution in [0, 0.1) is 0 Å². The molecule has 0 spiro atoms. The van der Waals surface area contributed by atoms with Gasteiger partial charge in [-0.25, -0.2) is 9.55 Å². The molecule has 0 bridgehead atoms. The van der Waals surface area contributed by atoms with Crippen LogP contribution in [0.3, 0.4) is 0 Å². The molecule has 9 heavy (non-hydrogen) atoms. The summed E-state index contributed by atoms with van der Waals surface area (Å²) in [5.41, 5.74) is 0.833. The summed E-state index contributed by atoms with van der Waals surface area (Å²) in [6.07, 6.45) is 1.72. The Labute approximate surface area is 58.7 Å². The number of thiol groups is 1. The minimum absolute atomic E-state index is 0.0492. The number of nitrogens with one attached hydrogen (secondary N) is 1. The molecule has 0 aliphatic rings. The third-order valence-corrected chi connectivity index (χ3v) is 1.71. The van der Waals surface area contributed by atoms with Crippen LogP contribution in [0.15, 0.2) is 11.4 Å². The van der Waals surface area contributed by atoms with Gasteiger partial charge in [0, 0.05) is 0 Å². The van der Waals surface area contributed by atoms with Crippen molar-refractivity contribution >= 4 is 12.6 Å². The lowest BCUT2D eigenvalue weighted by atomic mass is 10.5. The van der Waals surface area contributed by atoms with Crippen molar-refractivity contribution in [2.24, 2.45) is 7.05 Å². The van der Waals surface area contributed by atoms with Crippen LogP contribution < -0.4 is 4.57 Å². The number of hydrogen-bond donors (Lipinski definition) is 3. The highest BCUT2D eigenvalue weighted by Crippen LogP contribution is 1.95. The van der Waals surface area contributed by atoms with Crippen molar-refractivity contribution in [2.45, 2.75) is 11.8 Å². The molecule has 3 nitrogen and oxygen atoms in total. The quantitative estimate of drug-likeness (QED) is 0.366. The average molecular weight is 145 g/mol. The topological polar surface area (TPSA) is 39.9 Å². The van der Waals surface area contributed by atoms with Crippen LogP contribution in [0.4, 0.5) is 0 Å². The van der Waals surface area contributed by atoms with Gasteiger partial charge in [0.1, 0.15) is 12.8 Å². The molecule has 0 saturated carbocycles. The maximum absolute atomic E-state index is 8.66. The average Bonchev–Trinajstić information content (AvgIpc) is 2.15. The van der Waals surface area contributed by atoms with Crippen molar-refractivity contribution in [3.63, 3.8) is 0 Å². The molecule has 0 amide bonds. The molecule has 50 valence electrons. The first-order chi connectivity index (χ1) is 4.25. The Hall–Kier alpha value is -0.480. The van der Waals surface area contributed by atoms with Crippen molar-refractivity contribution in [3.05, 3.63) is 11.9 Å². The first-order valence-electron chi connectivity index (χ1n) is 2.62. The minimum atomic E-state index is 0.0492. The van der Waals surface area contributed by atoms with Crippen molar-refractivity contribution in [1.82, 2.24) is 4.98 Å². The molecule has 0 aliphatic heterocycles. The fraction of sp³-hybridized carbons (Fsp3) is 0.400. The Morgan fingerprint density at radius 3 is 2.78 bits per heavy atom. The van der Waals surface area contributed by atoms with Crippen LogP contribution in [0.5, 0.6) is 0 Å². The van der Waals surface area contributed by atoms with E-state index < -0.39 is 0 Å². The summed E-state index contributed by atoms with van der Waals surface area (Å²) in [6.45, 7) is 0.0492. The van der Waals surface area contributed by atoms with Crippen LogP contribution >= 0.6 is 12.6 Å². The van der Waals surface area contributed by atoms with E-state index in [-0.39, 0.29) is 6.61 Å². The molecular weight excluding hydrogens is 136 g/mol. The van der Waals surface area contributed by atoms with Crippen LogP contribution in [0.25, 0.3) is 0 Å². The van der Waals surface area contributed by atoms with E-state index in [0.717, 1.165) is 10.9 Å². The summed E-state index contributed by atoms with van der Waals surface area (Å²) < 4.78 is 1.78. The number of rotatable bonds is 1. The Balaban J connectivity index is 3.04. The summed E-state index contributed by atoms with van der Waals surface area (Å²) in [7, 11) is 1.84. The van der Waals surface area contributed by atoms with E-state index in [2.05, 4.69) is 17.6 Å². The van der Waals surface area contributed by atoms with Gasteiger partial charge in [0.2, 0.25) is 0 Å². The fourth-order valence-corrected chi connectivity index (χ4v) is 0.822. The number of hydrogen-bond acceptors (Lipinski definition) is 2. The lowest BCUT2D eigenvalue weighted by Gasteiger charge is -1.87.